The van der Waals surface area contributed by atoms with Gasteiger partial charge in [-0.05, 0) is 70.6 Å². The number of hydrogen-bond acceptors (Lipinski definition) is 7. The van der Waals surface area contributed by atoms with Crippen molar-refractivity contribution in [3.63, 3.8) is 0 Å². The van der Waals surface area contributed by atoms with Crippen molar-refractivity contribution in [1.82, 2.24) is 20.0 Å². The molecule has 3 aliphatic heterocycles. The van der Waals surface area contributed by atoms with Crippen LogP contribution in [0.3, 0.4) is 0 Å². The van der Waals surface area contributed by atoms with Crippen molar-refractivity contribution in [1.29, 1.82) is 5.26 Å². The molecule has 3 N–H and O–H groups in total. The third-order valence-electron chi connectivity index (χ3n) is 8.32. The molecule has 1 aromatic carbocycles. The standard InChI is InChI=1S/C28H36N6O5/c1-15(16-5-7-17(8-6-16)24(30)35)33-20-11-23(26(33)37)32(13-20)14-21(31-27(38)39-28(2,3)4)25(36)34-19(12-29)9-18-10-22(18)34/h5-8,15,18-23H,9-11,13-14H2,1-4H3,(H2,30,35)(H,31,38)/t15?,18?,19?,20-,21?,22?,23?/m0/s1. The average Bonchev–Trinajstić information content (AvgIpc) is 3.18. The van der Waals surface area contributed by atoms with E-state index >= 15 is 0 Å². The van der Waals surface area contributed by atoms with Crippen molar-refractivity contribution < 1.29 is 23.9 Å². The first-order chi connectivity index (χ1) is 18.4. The van der Waals surface area contributed by atoms with Crippen molar-refractivity contribution in [2.45, 2.75) is 88.8 Å². The fraction of sp³-hybridized carbons (Fsp3) is 0.607. The van der Waals surface area contributed by atoms with Gasteiger partial charge < -0.3 is 25.6 Å². The fourth-order valence-electron chi connectivity index (χ4n) is 6.42. The summed E-state index contributed by atoms with van der Waals surface area (Å²) in [6.07, 6.45) is 1.46. The Bertz CT molecular complexity index is 1220. The number of amides is 4. The van der Waals surface area contributed by atoms with Crippen LogP contribution in [0.4, 0.5) is 4.79 Å². The fourth-order valence-corrected chi connectivity index (χ4v) is 6.42. The lowest BCUT2D eigenvalue weighted by Crippen LogP contribution is -2.59. The lowest BCUT2D eigenvalue weighted by molar-refractivity contribution is -0.141. The minimum atomic E-state index is -0.936. The molecule has 3 saturated heterocycles. The van der Waals surface area contributed by atoms with Gasteiger partial charge in [0.05, 0.1) is 18.2 Å². The highest BCUT2D eigenvalue weighted by Crippen LogP contribution is 2.48. The van der Waals surface area contributed by atoms with Crippen LogP contribution in [0.15, 0.2) is 24.3 Å². The number of primary amides is 1. The highest BCUT2D eigenvalue weighted by molar-refractivity contribution is 5.93. The van der Waals surface area contributed by atoms with Crippen LogP contribution in [0.25, 0.3) is 0 Å². The molecule has 6 unspecified atom stereocenters. The number of carbonyl (C=O) groups excluding carboxylic acids is 4. The van der Waals surface area contributed by atoms with Gasteiger partial charge in [0.2, 0.25) is 17.7 Å². The summed E-state index contributed by atoms with van der Waals surface area (Å²) in [5, 5.41) is 12.4. The first-order valence-corrected chi connectivity index (χ1v) is 13.5. The van der Waals surface area contributed by atoms with Crippen molar-refractivity contribution in [2.24, 2.45) is 11.7 Å². The number of likely N-dealkylation sites (tertiary alicyclic amines) is 3. The van der Waals surface area contributed by atoms with Crippen LogP contribution < -0.4 is 11.1 Å². The zero-order chi connectivity index (χ0) is 28.2. The Labute approximate surface area is 228 Å². The molecule has 4 fully saturated rings. The summed E-state index contributed by atoms with van der Waals surface area (Å²) in [6.45, 7) is 7.93. The minimum Gasteiger partial charge on any atom is -0.444 e. The molecule has 39 heavy (non-hydrogen) atoms. The lowest BCUT2D eigenvalue weighted by Gasteiger charge is -2.39. The summed E-state index contributed by atoms with van der Waals surface area (Å²) in [7, 11) is 0. The van der Waals surface area contributed by atoms with Gasteiger partial charge in [-0.3, -0.25) is 19.3 Å². The molecule has 1 saturated carbocycles. The molecule has 0 radical (unpaired) electrons. The number of nitriles is 1. The van der Waals surface area contributed by atoms with E-state index in [0.717, 1.165) is 12.0 Å². The maximum atomic E-state index is 13.7. The molecule has 1 aliphatic carbocycles. The van der Waals surface area contributed by atoms with Gasteiger partial charge in [-0.1, -0.05) is 12.1 Å². The van der Waals surface area contributed by atoms with Crippen LogP contribution >= 0.6 is 0 Å². The number of ether oxygens (including phenoxy) is 1. The Hall–Kier alpha value is -3.65. The van der Waals surface area contributed by atoms with E-state index in [2.05, 4.69) is 11.4 Å². The summed E-state index contributed by atoms with van der Waals surface area (Å²) in [6, 6.07) is 7.15. The summed E-state index contributed by atoms with van der Waals surface area (Å²) in [4.78, 5) is 56.8. The van der Waals surface area contributed by atoms with Gasteiger partial charge in [0.25, 0.3) is 0 Å². The summed E-state index contributed by atoms with van der Waals surface area (Å²) in [5.41, 5.74) is 5.93. The largest absolute Gasteiger partial charge is 0.444 e. The molecule has 208 valence electrons. The molecule has 4 aliphatic rings. The van der Waals surface area contributed by atoms with Gasteiger partial charge in [-0.2, -0.15) is 5.26 Å². The number of fused-ring (bicyclic) bond motifs is 3. The summed E-state index contributed by atoms with van der Waals surface area (Å²) in [5.74, 6) is -0.485. The first kappa shape index (κ1) is 26.9. The van der Waals surface area contributed by atoms with E-state index in [1.807, 2.05) is 28.9 Å². The van der Waals surface area contributed by atoms with Crippen LogP contribution in [0.1, 0.15) is 68.9 Å². The Morgan fingerprint density at radius 1 is 1.18 bits per heavy atom. The van der Waals surface area contributed by atoms with Gasteiger partial charge in [0, 0.05) is 30.7 Å². The van der Waals surface area contributed by atoms with E-state index in [1.54, 1.807) is 37.8 Å². The topological polar surface area (TPSA) is 149 Å². The number of nitrogens with zero attached hydrogens (tertiary/aromatic N) is 4. The number of carbonyl (C=O) groups is 4. The van der Waals surface area contributed by atoms with Crippen LogP contribution in [0.5, 0.6) is 0 Å². The van der Waals surface area contributed by atoms with E-state index in [9.17, 15) is 24.4 Å². The predicted molar refractivity (Wildman–Crippen MR) is 140 cm³/mol. The van der Waals surface area contributed by atoms with E-state index < -0.39 is 35.7 Å². The van der Waals surface area contributed by atoms with Crippen LogP contribution in [-0.2, 0) is 14.3 Å². The van der Waals surface area contributed by atoms with Crippen LogP contribution in [0.2, 0.25) is 0 Å². The zero-order valence-electron chi connectivity index (χ0n) is 22.8. The molecule has 1 aromatic rings. The average molecular weight is 537 g/mol. The van der Waals surface area contributed by atoms with Crippen LogP contribution in [-0.4, -0.2) is 87.4 Å². The lowest BCUT2D eigenvalue weighted by atomic mass is 10.0. The number of benzene rings is 1. The number of piperidine rings is 1. The Balaban J connectivity index is 1.30. The Kier molecular flexibility index (Phi) is 6.79. The van der Waals surface area contributed by atoms with Crippen molar-refractivity contribution in [3.8, 4) is 6.07 Å². The van der Waals surface area contributed by atoms with E-state index in [-0.39, 0.29) is 36.5 Å². The number of hydrogen-bond donors (Lipinski definition) is 2. The third-order valence-corrected chi connectivity index (χ3v) is 8.32. The van der Waals surface area contributed by atoms with Crippen molar-refractivity contribution >= 4 is 23.8 Å². The van der Waals surface area contributed by atoms with Crippen LogP contribution in [0, 0.1) is 17.2 Å². The SMILES string of the molecule is CC(c1ccc(C(N)=O)cc1)N1C(=O)C2C[C@H]1CN2CC(NC(=O)OC(C)(C)C)C(=O)N1C(C#N)CC2CC21. The molecule has 3 heterocycles. The van der Waals surface area contributed by atoms with E-state index in [0.29, 0.717) is 30.9 Å². The van der Waals surface area contributed by atoms with Gasteiger partial charge in [-0.25, -0.2) is 4.79 Å². The maximum Gasteiger partial charge on any atom is 0.408 e. The second-order valence-electron chi connectivity index (χ2n) is 12.2. The smallest absolute Gasteiger partial charge is 0.408 e. The van der Waals surface area contributed by atoms with Gasteiger partial charge >= 0.3 is 6.09 Å². The van der Waals surface area contributed by atoms with Crippen molar-refractivity contribution in [2.75, 3.05) is 13.1 Å². The third kappa shape index (κ3) is 5.17. The zero-order valence-corrected chi connectivity index (χ0v) is 22.8. The molecular formula is C28H36N6O5. The van der Waals surface area contributed by atoms with Gasteiger partial charge in [0.1, 0.15) is 17.7 Å². The number of rotatable bonds is 7. The Morgan fingerprint density at radius 2 is 1.87 bits per heavy atom. The van der Waals surface area contributed by atoms with Crippen molar-refractivity contribution in [3.05, 3.63) is 35.4 Å². The van der Waals surface area contributed by atoms with E-state index in [4.69, 9.17) is 10.5 Å². The summed E-state index contributed by atoms with van der Waals surface area (Å²) < 4.78 is 5.43. The molecule has 2 bridgehead atoms. The normalized spacial score (nSPS) is 29.0. The molecule has 11 nitrogen and oxygen atoms in total. The molecule has 0 spiro atoms. The number of nitrogens with two attached hydrogens (primary N) is 1. The summed E-state index contributed by atoms with van der Waals surface area (Å²) >= 11 is 0. The quantitative estimate of drug-likeness (QED) is 0.537. The highest BCUT2D eigenvalue weighted by Gasteiger charge is 2.56. The molecule has 5 rings (SSSR count). The number of nitrogens with one attached hydrogen (secondary N) is 1. The molecule has 11 heteroatoms. The second kappa shape index (κ2) is 9.83. The first-order valence-electron chi connectivity index (χ1n) is 13.5. The van der Waals surface area contributed by atoms with E-state index in [1.165, 1.54) is 0 Å². The molecule has 4 amide bonds. The molecular weight excluding hydrogens is 500 g/mol. The highest BCUT2D eigenvalue weighted by atomic mass is 16.6. The second-order valence-corrected chi connectivity index (χ2v) is 12.2. The predicted octanol–water partition coefficient (Wildman–Crippen LogP) is 1.54. The van der Waals surface area contributed by atoms with Gasteiger partial charge in [0.15, 0.2) is 0 Å². The molecule has 7 atom stereocenters. The molecule has 0 aromatic heterocycles. The minimum absolute atomic E-state index is 0.0282. The monoisotopic (exact) mass is 536 g/mol. The number of alkyl carbamates (subject to hydrolysis) is 1. The number of piperazine rings is 1. The van der Waals surface area contributed by atoms with Gasteiger partial charge in [-0.15, -0.1) is 0 Å². The maximum absolute atomic E-state index is 13.7. The Morgan fingerprint density at radius 3 is 2.46 bits per heavy atom.